The molecule has 1 N–H and O–H groups in total. The van der Waals surface area contributed by atoms with Gasteiger partial charge in [0.25, 0.3) is 0 Å². The highest BCUT2D eigenvalue weighted by Crippen LogP contribution is 2.39. The lowest BCUT2D eigenvalue weighted by Crippen LogP contribution is -2.29. The first kappa shape index (κ1) is 14.1. The smallest absolute Gasteiger partial charge is 0.331 e. The number of hydrogen-bond donors (Lipinski definition) is 1. The van der Waals surface area contributed by atoms with Crippen molar-refractivity contribution in [3.63, 3.8) is 0 Å². The Morgan fingerprint density at radius 2 is 2.20 bits per heavy atom. The lowest BCUT2D eigenvalue weighted by molar-refractivity contribution is -0.307. The Labute approximate surface area is 116 Å². The quantitative estimate of drug-likeness (QED) is 0.806. The van der Waals surface area contributed by atoms with Crippen molar-refractivity contribution in [1.82, 2.24) is 0 Å². The van der Waals surface area contributed by atoms with Gasteiger partial charge < -0.3 is 19.7 Å². The second kappa shape index (κ2) is 5.77. The molecule has 0 aliphatic heterocycles. The number of aliphatic carboxylic acids is 2. The number of fused-ring (bicyclic) bond motifs is 1. The summed E-state index contributed by atoms with van der Waals surface area (Å²) in [7, 11) is 0. The lowest BCUT2D eigenvalue weighted by atomic mass is 9.79. The maximum absolute atomic E-state index is 11.1. The van der Waals surface area contributed by atoms with Crippen LogP contribution in [-0.4, -0.2) is 23.7 Å². The van der Waals surface area contributed by atoms with Gasteiger partial charge in [-0.2, -0.15) is 0 Å². The molecular formula is C15H15O5-. The molecule has 5 nitrogen and oxygen atoms in total. The van der Waals surface area contributed by atoms with Crippen LogP contribution in [0.4, 0.5) is 0 Å². The second-order valence-corrected chi connectivity index (χ2v) is 4.76. The summed E-state index contributed by atoms with van der Waals surface area (Å²) < 4.78 is 5.22. The van der Waals surface area contributed by atoms with Gasteiger partial charge in [0.05, 0.1) is 5.97 Å². The number of carbonyl (C=O) groups is 2. The van der Waals surface area contributed by atoms with Gasteiger partial charge in [-0.15, -0.1) is 0 Å². The molecule has 0 radical (unpaired) electrons. The summed E-state index contributed by atoms with van der Waals surface area (Å²) in [6, 6.07) is 5.27. The van der Waals surface area contributed by atoms with E-state index in [0.29, 0.717) is 5.75 Å². The van der Waals surface area contributed by atoms with E-state index < -0.39 is 18.5 Å². The van der Waals surface area contributed by atoms with E-state index in [1.54, 1.807) is 12.1 Å². The van der Waals surface area contributed by atoms with E-state index >= 15 is 0 Å². The highest BCUT2D eigenvalue weighted by Gasteiger charge is 2.27. The van der Waals surface area contributed by atoms with Gasteiger partial charge in [-0.3, -0.25) is 0 Å². The summed E-state index contributed by atoms with van der Waals surface area (Å²) >= 11 is 0. The third kappa shape index (κ3) is 2.82. The van der Waals surface area contributed by atoms with E-state index in [0.717, 1.165) is 30.4 Å². The standard InChI is InChI=1S/C15H16O5/c1-9(15(18)19)10-4-2-6-12-11(10)5-3-7-13(12)20-8-14(16)17/h3,5,7,10H,1-2,4,6,8H2,(H,16,17)(H,18,19)/p-1. The van der Waals surface area contributed by atoms with Gasteiger partial charge >= 0.3 is 5.97 Å². The molecule has 1 unspecified atom stereocenters. The van der Waals surface area contributed by atoms with Gasteiger partial charge in [0, 0.05) is 11.5 Å². The number of rotatable bonds is 5. The van der Waals surface area contributed by atoms with Gasteiger partial charge in [0.2, 0.25) is 0 Å². The zero-order valence-electron chi connectivity index (χ0n) is 10.9. The van der Waals surface area contributed by atoms with Crippen LogP contribution in [0.2, 0.25) is 0 Å². The molecule has 0 spiro atoms. The van der Waals surface area contributed by atoms with Crippen molar-refractivity contribution in [2.75, 3.05) is 6.61 Å². The monoisotopic (exact) mass is 275 g/mol. The topological polar surface area (TPSA) is 86.7 Å². The van der Waals surface area contributed by atoms with Crippen LogP contribution in [-0.2, 0) is 16.0 Å². The van der Waals surface area contributed by atoms with Gasteiger partial charge in [-0.25, -0.2) is 4.79 Å². The molecule has 0 bridgehead atoms. The molecule has 20 heavy (non-hydrogen) atoms. The molecule has 0 amide bonds. The Hall–Kier alpha value is -2.30. The predicted octanol–water partition coefficient (Wildman–Crippen LogP) is 0.876. The molecule has 1 aromatic carbocycles. The van der Waals surface area contributed by atoms with Crippen LogP contribution in [0.15, 0.2) is 30.4 Å². The van der Waals surface area contributed by atoms with E-state index in [2.05, 4.69) is 6.58 Å². The van der Waals surface area contributed by atoms with Gasteiger partial charge in [-0.1, -0.05) is 18.7 Å². The average molecular weight is 275 g/mol. The summed E-state index contributed by atoms with van der Waals surface area (Å²) in [6.45, 7) is 3.12. The molecule has 0 saturated heterocycles. The Balaban J connectivity index is 2.33. The Bertz CT molecular complexity index is 561. The number of ether oxygens (including phenoxy) is 1. The maximum Gasteiger partial charge on any atom is 0.331 e. The fourth-order valence-corrected chi connectivity index (χ4v) is 2.60. The summed E-state index contributed by atoms with van der Waals surface area (Å²) in [5.41, 5.74) is 1.88. The minimum atomic E-state index is -1.29. The SMILES string of the molecule is C=C(C(=O)O)C1CCCc2c(OCC(=O)[O-])cccc21. The van der Waals surface area contributed by atoms with Crippen LogP contribution in [0.5, 0.6) is 5.75 Å². The van der Waals surface area contributed by atoms with Crippen molar-refractivity contribution in [2.45, 2.75) is 25.2 Å². The molecule has 2 rings (SSSR count). The predicted molar refractivity (Wildman–Crippen MR) is 69.4 cm³/mol. The third-order valence-corrected chi connectivity index (χ3v) is 3.51. The largest absolute Gasteiger partial charge is 0.546 e. The van der Waals surface area contributed by atoms with E-state index in [1.165, 1.54) is 0 Å². The molecule has 1 aliphatic rings. The summed E-state index contributed by atoms with van der Waals surface area (Å²) in [6.07, 6.45) is 2.28. The highest BCUT2D eigenvalue weighted by molar-refractivity contribution is 5.88. The fraction of sp³-hybridized carbons (Fsp3) is 0.333. The zero-order chi connectivity index (χ0) is 14.7. The van der Waals surface area contributed by atoms with E-state index in [9.17, 15) is 14.7 Å². The summed E-state index contributed by atoms with van der Waals surface area (Å²) in [5, 5.41) is 19.6. The van der Waals surface area contributed by atoms with Crippen molar-refractivity contribution in [1.29, 1.82) is 0 Å². The zero-order valence-corrected chi connectivity index (χ0v) is 10.9. The molecule has 1 aromatic rings. The van der Waals surface area contributed by atoms with Crippen LogP contribution >= 0.6 is 0 Å². The van der Waals surface area contributed by atoms with Crippen LogP contribution in [0.1, 0.15) is 29.9 Å². The summed E-state index contributed by atoms with van der Waals surface area (Å²) in [4.78, 5) is 21.6. The van der Waals surface area contributed by atoms with E-state index in [4.69, 9.17) is 9.84 Å². The molecule has 0 heterocycles. The van der Waals surface area contributed by atoms with E-state index in [1.807, 2.05) is 6.07 Å². The number of carbonyl (C=O) groups excluding carboxylic acids is 1. The molecule has 5 heteroatoms. The molecular weight excluding hydrogens is 260 g/mol. The first-order chi connectivity index (χ1) is 9.50. The van der Waals surface area contributed by atoms with Crippen LogP contribution in [0.3, 0.4) is 0 Å². The fourth-order valence-electron chi connectivity index (χ4n) is 2.60. The Morgan fingerprint density at radius 3 is 2.85 bits per heavy atom. The molecule has 1 atom stereocenters. The Morgan fingerprint density at radius 1 is 1.45 bits per heavy atom. The number of benzene rings is 1. The first-order valence-electron chi connectivity index (χ1n) is 6.37. The van der Waals surface area contributed by atoms with Crippen molar-refractivity contribution in [2.24, 2.45) is 0 Å². The van der Waals surface area contributed by atoms with Crippen LogP contribution < -0.4 is 9.84 Å². The van der Waals surface area contributed by atoms with Crippen molar-refractivity contribution < 1.29 is 24.5 Å². The van der Waals surface area contributed by atoms with Crippen molar-refractivity contribution in [3.8, 4) is 5.75 Å². The minimum Gasteiger partial charge on any atom is -0.546 e. The third-order valence-electron chi connectivity index (χ3n) is 3.51. The average Bonchev–Trinajstić information content (AvgIpc) is 2.43. The number of carboxylic acid groups (broad SMARTS) is 2. The molecule has 0 fully saturated rings. The minimum absolute atomic E-state index is 0.156. The summed E-state index contributed by atoms with van der Waals surface area (Å²) in [5.74, 6) is -2.06. The number of carboxylic acids is 2. The van der Waals surface area contributed by atoms with Gasteiger partial charge in [-0.05, 0) is 36.5 Å². The highest BCUT2D eigenvalue weighted by atomic mass is 16.5. The molecule has 1 aliphatic carbocycles. The first-order valence-corrected chi connectivity index (χ1v) is 6.37. The molecule has 0 saturated carbocycles. The number of hydrogen-bond acceptors (Lipinski definition) is 4. The molecule has 0 aromatic heterocycles. The van der Waals surface area contributed by atoms with Crippen LogP contribution in [0.25, 0.3) is 0 Å². The maximum atomic E-state index is 11.1. The van der Waals surface area contributed by atoms with Crippen molar-refractivity contribution >= 4 is 11.9 Å². The van der Waals surface area contributed by atoms with Crippen LogP contribution in [0, 0.1) is 0 Å². The Kier molecular flexibility index (Phi) is 4.08. The lowest BCUT2D eigenvalue weighted by Gasteiger charge is -2.27. The van der Waals surface area contributed by atoms with Gasteiger partial charge in [0.1, 0.15) is 12.4 Å². The molecule has 106 valence electrons. The normalized spacial score (nSPS) is 17.1. The van der Waals surface area contributed by atoms with Gasteiger partial charge in [0.15, 0.2) is 0 Å². The second-order valence-electron chi connectivity index (χ2n) is 4.76. The van der Waals surface area contributed by atoms with E-state index in [-0.39, 0.29) is 11.5 Å². The van der Waals surface area contributed by atoms with Crippen molar-refractivity contribution in [3.05, 3.63) is 41.5 Å².